The first-order valence-electron chi connectivity index (χ1n) is 12.7. The van der Waals surface area contributed by atoms with Crippen LogP contribution in [0, 0.1) is 11.8 Å². The van der Waals surface area contributed by atoms with Gasteiger partial charge in [0.15, 0.2) is 17.6 Å². The molecule has 2 N–H and O–H groups in total. The van der Waals surface area contributed by atoms with Crippen LogP contribution in [0.2, 0.25) is 0 Å². The van der Waals surface area contributed by atoms with Gasteiger partial charge in [-0.3, -0.25) is 9.59 Å². The Labute approximate surface area is 210 Å². The number of esters is 1. The summed E-state index contributed by atoms with van der Waals surface area (Å²) in [5.41, 5.74) is 2.20. The molecule has 1 aromatic rings. The Hall–Kier alpha value is -3.07. The summed E-state index contributed by atoms with van der Waals surface area (Å²) in [7, 11) is 3.81. The highest BCUT2D eigenvalue weighted by Gasteiger charge is 2.64. The molecule has 9 nitrogen and oxygen atoms in total. The van der Waals surface area contributed by atoms with Gasteiger partial charge in [0, 0.05) is 23.4 Å². The minimum atomic E-state index is -1.10. The predicted octanol–water partition coefficient (Wildman–Crippen LogP) is 2.41. The van der Waals surface area contributed by atoms with Crippen molar-refractivity contribution < 1.29 is 33.7 Å². The Bertz CT molecular complexity index is 1130. The van der Waals surface area contributed by atoms with E-state index in [0.717, 1.165) is 31.6 Å². The fourth-order valence-corrected chi connectivity index (χ4v) is 6.72. The molecular formula is C27H34N2O7. The number of carbonyl (C=O) groups excluding carboxylic acids is 2. The molecule has 194 valence electrons. The number of carboxylic acid groups (broad SMARTS) is 1. The quantitative estimate of drug-likeness (QED) is 0.526. The van der Waals surface area contributed by atoms with E-state index >= 15 is 0 Å². The monoisotopic (exact) mass is 498 g/mol. The fraction of sp³-hybridized carbons (Fsp3) is 0.593. The van der Waals surface area contributed by atoms with Crippen molar-refractivity contribution >= 4 is 17.8 Å². The van der Waals surface area contributed by atoms with Gasteiger partial charge in [-0.05, 0) is 62.4 Å². The molecule has 2 aliphatic carbocycles. The Balaban J connectivity index is 1.34. The molecule has 1 fully saturated rings. The van der Waals surface area contributed by atoms with Crippen LogP contribution in [0.4, 0.5) is 0 Å². The molecule has 2 bridgehead atoms. The zero-order valence-corrected chi connectivity index (χ0v) is 21.2. The van der Waals surface area contributed by atoms with Crippen LogP contribution in [0.5, 0.6) is 11.5 Å². The van der Waals surface area contributed by atoms with E-state index in [0.29, 0.717) is 23.5 Å². The largest absolute Gasteiger partial charge is 0.493 e. The second kappa shape index (κ2) is 9.10. The fourth-order valence-electron chi connectivity index (χ4n) is 6.72. The summed E-state index contributed by atoms with van der Waals surface area (Å²) in [5, 5.41) is 11.8. The summed E-state index contributed by atoms with van der Waals surface area (Å²) >= 11 is 0. The number of hydrogen-bond acceptors (Lipinski definition) is 7. The van der Waals surface area contributed by atoms with Crippen molar-refractivity contribution in [3.05, 3.63) is 35.1 Å². The van der Waals surface area contributed by atoms with Crippen LogP contribution in [0.1, 0.15) is 50.7 Å². The van der Waals surface area contributed by atoms with Crippen LogP contribution in [-0.2, 0) is 31.0 Å². The van der Waals surface area contributed by atoms with Gasteiger partial charge in [-0.15, -0.1) is 0 Å². The molecule has 5 rings (SSSR count). The maximum atomic E-state index is 12.8. The van der Waals surface area contributed by atoms with Crippen molar-refractivity contribution in [2.75, 3.05) is 20.7 Å². The number of aliphatic carboxylic acids is 1. The molecule has 0 saturated carbocycles. The third-order valence-electron chi connectivity index (χ3n) is 8.46. The van der Waals surface area contributed by atoms with E-state index in [-0.39, 0.29) is 24.2 Å². The minimum Gasteiger partial charge on any atom is -0.493 e. The number of ether oxygens (including phenoxy) is 3. The number of likely N-dealkylation sites (N-methyl/N-ethyl adjacent to an activating group) is 1. The number of allylic oxidation sites excluding steroid dienone is 1. The van der Waals surface area contributed by atoms with Gasteiger partial charge in [-0.2, -0.15) is 0 Å². The predicted molar refractivity (Wildman–Crippen MR) is 130 cm³/mol. The first kappa shape index (κ1) is 24.6. The third kappa shape index (κ3) is 3.75. The molecule has 1 spiro atoms. The van der Waals surface area contributed by atoms with E-state index in [2.05, 4.69) is 23.3 Å². The van der Waals surface area contributed by atoms with Crippen LogP contribution in [0.3, 0.4) is 0 Å². The zero-order valence-electron chi connectivity index (χ0n) is 21.2. The number of carbonyl (C=O) groups is 3. The summed E-state index contributed by atoms with van der Waals surface area (Å²) in [4.78, 5) is 38.9. The lowest BCUT2D eigenvalue weighted by molar-refractivity contribution is -0.145. The first-order valence-corrected chi connectivity index (χ1v) is 12.7. The van der Waals surface area contributed by atoms with E-state index in [9.17, 15) is 19.5 Å². The maximum Gasteiger partial charge on any atom is 0.326 e. The first-order chi connectivity index (χ1) is 17.2. The normalized spacial score (nSPS) is 28.5. The second-order valence-electron chi connectivity index (χ2n) is 10.7. The number of amides is 1. The van der Waals surface area contributed by atoms with Gasteiger partial charge in [0.2, 0.25) is 5.91 Å². The highest BCUT2D eigenvalue weighted by atomic mass is 16.6. The summed E-state index contributed by atoms with van der Waals surface area (Å²) in [6, 6.07) is 3.48. The highest BCUT2D eigenvalue weighted by molar-refractivity contribution is 5.86. The number of piperidine rings is 1. The third-order valence-corrected chi connectivity index (χ3v) is 8.46. The van der Waals surface area contributed by atoms with Crippen LogP contribution in [0.25, 0.3) is 0 Å². The SMILES string of the molecule is COc1ccc2c3c1O[C@H]1C(OC(=O)CCC(=O)N[C@H](C(=O)O)C(C)C)=CCC4[C@@H](C2)N(C)CC[C@@]341. The van der Waals surface area contributed by atoms with E-state index in [1.165, 1.54) is 11.1 Å². The second-order valence-corrected chi connectivity index (χ2v) is 10.7. The van der Waals surface area contributed by atoms with E-state index in [4.69, 9.17) is 14.2 Å². The van der Waals surface area contributed by atoms with Crippen molar-refractivity contribution in [1.82, 2.24) is 10.2 Å². The van der Waals surface area contributed by atoms with Gasteiger partial charge in [-0.25, -0.2) is 4.79 Å². The Kier molecular flexibility index (Phi) is 6.22. The molecular weight excluding hydrogens is 464 g/mol. The average molecular weight is 499 g/mol. The van der Waals surface area contributed by atoms with Gasteiger partial charge in [0.25, 0.3) is 0 Å². The van der Waals surface area contributed by atoms with E-state index in [1.807, 2.05) is 12.1 Å². The molecule has 36 heavy (non-hydrogen) atoms. The molecule has 5 atom stereocenters. The van der Waals surface area contributed by atoms with Gasteiger partial charge in [0.1, 0.15) is 11.8 Å². The minimum absolute atomic E-state index is 0.146. The maximum absolute atomic E-state index is 12.8. The van der Waals surface area contributed by atoms with E-state index in [1.54, 1.807) is 21.0 Å². The van der Waals surface area contributed by atoms with E-state index < -0.39 is 30.0 Å². The molecule has 0 radical (unpaired) electrons. The number of carboxylic acids is 1. The Morgan fingerprint density at radius 2 is 2.06 bits per heavy atom. The molecule has 1 unspecified atom stereocenters. The molecule has 0 aromatic heterocycles. The van der Waals surface area contributed by atoms with Crippen molar-refractivity contribution in [2.24, 2.45) is 11.8 Å². The summed E-state index contributed by atoms with van der Waals surface area (Å²) in [6.45, 7) is 4.36. The lowest BCUT2D eigenvalue weighted by atomic mass is 9.53. The van der Waals surface area contributed by atoms with Crippen molar-refractivity contribution in [1.29, 1.82) is 0 Å². The number of nitrogens with zero attached hydrogens (tertiary/aromatic N) is 1. The highest BCUT2D eigenvalue weighted by Crippen LogP contribution is 2.63. The number of likely N-dealkylation sites (tertiary alicyclic amines) is 1. The van der Waals surface area contributed by atoms with Crippen molar-refractivity contribution in [2.45, 2.75) is 69.6 Å². The van der Waals surface area contributed by atoms with Crippen LogP contribution in [-0.4, -0.2) is 66.7 Å². The van der Waals surface area contributed by atoms with Crippen LogP contribution in [0.15, 0.2) is 24.0 Å². The van der Waals surface area contributed by atoms with Crippen molar-refractivity contribution in [3.63, 3.8) is 0 Å². The molecule has 2 aliphatic heterocycles. The molecule has 1 aromatic carbocycles. The number of hydrogen-bond donors (Lipinski definition) is 2. The summed E-state index contributed by atoms with van der Waals surface area (Å²) in [6.07, 6.45) is 3.88. The lowest BCUT2D eigenvalue weighted by Crippen LogP contribution is -2.63. The molecule has 2 heterocycles. The number of methoxy groups -OCH3 is 1. The Morgan fingerprint density at radius 1 is 1.28 bits per heavy atom. The molecule has 9 heteroatoms. The molecule has 4 aliphatic rings. The lowest BCUT2D eigenvalue weighted by Gasteiger charge is -2.56. The summed E-state index contributed by atoms with van der Waals surface area (Å²) < 4.78 is 18.0. The Morgan fingerprint density at radius 3 is 2.75 bits per heavy atom. The topological polar surface area (TPSA) is 114 Å². The average Bonchev–Trinajstić information content (AvgIpc) is 3.19. The number of nitrogens with one attached hydrogen (secondary N) is 1. The van der Waals surface area contributed by atoms with Gasteiger partial charge >= 0.3 is 11.9 Å². The molecule has 1 saturated heterocycles. The summed E-state index contributed by atoms with van der Waals surface area (Å²) in [5.74, 6) is -0.105. The van der Waals surface area contributed by atoms with Crippen LogP contribution < -0.4 is 14.8 Å². The zero-order chi connectivity index (χ0) is 25.8. The molecule has 1 amide bonds. The van der Waals surface area contributed by atoms with Gasteiger partial charge in [-0.1, -0.05) is 19.9 Å². The van der Waals surface area contributed by atoms with Gasteiger partial charge in [0.05, 0.1) is 13.5 Å². The smallest absolute Gasteiger partial charge is 0.326 e. The van der Waals surface area contributed by atoms with Gasteiger partial charge < -0.3 is 29.5 Å². The van der Waals surface area contributed by atoms with Crippen LogP contribution >= 0.6 is 0 Å². The standard InChI is InChI=1S/C27H34N2O7/c1-14(2)23(26(32)33)28-20(30)9-10-21(31)35-19-8-6-16-17-13-15-5-7-18(34-4)24-22(15)27(16,25(19)36-24)11-12-29(17)3/h5,7-8,14,16-17,23,25H,6,9-13H2,1-4H3,(H,28,30)(H,32,33)/t16?,17-,23+,25+,27+/m1/s1. The van der Waals surface area contributed by atoms with Crippen molar-refractivity contribution in [3.8, 4) is 11.5 Å². The number of rotatable bonds is 8. The number of benzene rings is 1.